The van der Waals surface area contributed by atoms with E-state index in [9.17, 15) is 26.3 Å². The first-order valence-corrected chi connectivity index (χ1v) is 12.7. The van der Waals surface area contributed by atoms with Gasteiger partial charge >= 0.3 is 20.0 Å². The van der Waals surface area contributed by atoms with Gasteiger partial charge in [0.2, 0.25) is 0 Å². The molecule has 0 aliphatic heterocycles. The predicted octanol–water partition coefficient (Wildman–Crippen LogP) is 6.68. The van der Waals surface area contributed by atoms with Gasteiger partial charge in [0.15, 0.2) is 21.4 Å². The van der Waals surface area contributed by atoms with E-state index in [1.54, 1.807) is 37.8 Å². The van der Waals surface area contributed by atoms with Crippen LogP contribution in [0, 0.1) is 0 Å². The molecule has 0 atom stereocenters. The Morgan fingerprint density at radius 3 is 1.78 bits per heavy atom. The normalized spacial score (nSPS) is 13.4. The molecule has 4 nitrogen and oxygen atoms in total. The second kappa shape index (κ2) is 8.81. The lowest BCUT2D eigenvalue weighted by Crippen LogP contribution is -2.25. The lowest BCUT2D eigenvalue weighted by atomic mass is 10.2. The van der Waals surface area contributed by atoms with E-state index < -0.39 is 41.5 Å². The summed E-state index contributed by atoms with van der Waals surface area (Å²) in [5.41, 5.74) is 0.944. The number of alkyl halides is 6. The zero-order valence-electron chi connectivity index (χ0n) is 15.0. The first kappa shape index (κ1) is 23.7. The summed E-state index contributed by atoms with van der Waals surface area (Å²) in [7, 11) is -6.63. The maximum Gasteiger partial charge on any atom is 0.412 e. The Bertz CT molecular complexity index is 662. The minimum atomic E-state index is -4.75. The Kier molecular flexibility index (Phi) is 7.75. The smallest absolute Gasteiger partial charge is 0.310 e. The standard InChI is InChI=1S/C15H21F6N2O2PSi/c1-5-12-6-8-13(9-7-12)22-26(23-27(2,3)4,24-10-14(16,17)18)25-11-15(19,20)21/h5-9,22H,1,10-11H2,2-4H3. The highest BCUT2D eigenvalue weighted by molar-refractivity contribution is 7.59. The molecular weight excluding hydrogens is 413 g/mol. The highest BCUT2D eigenvalue weighted by atomic mass is 31.2. The largest absolute Gasteiger partial charge is 0.412 e. The highest BCUT2D eigenvalue weighted by Gasteiger charge is 2.38. The van der Waals surface area contributed by atoms with Crippen molar-refractivity contribution in [3.8, 4) is 0 Å². The third-order valence-electron chi connectivity index (χ3n) is 2.65. The minimum Gasteiger partial charge on any atom is -0.310 e. The van der Waals surface area contributed by atoms with Crippen molar-refractivity contribution in [3.63, 3.8) is 0 Å². The minimum absolute atomic E-state index is 0.222. The van der Waals surface area contributed by atoms with Crippen LogP contribution in [0.4, 0.5) is 32.0 Å². The quantitative estimate of drug-likeness (QED) is 0.282. The Balaban J connectivity index is 3.33. The van der Waals surface area contributed by atoms with Crippen molar-refractivity contribution in [1.82, 2.24) is 0 Å². The van der Waals surface area contributed by atoms with E-state index in [0.29, 0.717) is 0 Å². The highest BCUT2D eigenvalue weighted by Crippen LogP contribution is 2.54. The van der Waals surface area contributed by atoms with Crippen molar-refractivity contribution >= 4 is 27.7 Å². The van der Waals surface area contributed by atoms with Gasteiger partial charge in [0.25, 0.3) is 0 Å². The number of hydrogen-bond acceptors (Lipinski definition) is 3. The van der Waals surface area contributed by atoms with Crippen LogP contribution in [-0.2, 0) is 9.05 Å². The maximum atomic E-state index is 12.7. The van der Waals surface area contributed by atoms with Gasteiger partial charge in [0.05, 0.1) is 0 Å². The molecule has 27 heavy (non-hydrogen) atoms. The van der Waals surface area contributed by atoms with Crippen molar-refractivity contribution in [1.29, 1.82) is 0 Å². The van der Waals surface area contributed by atoms with E-state index in [0.717, 1.165) is 5.56 Å². The summed E-state index contributed by atoms with van der Waals surface area (Å²) in [6.45, 7) is 4.95. The van der Waals surface area contributed by atoms with Crippen LogP contribution in [0.5, 0.6) is 0 Å². The number of rotatable bonds is 8. The molecule has 0 saturated heterocycles. The second-order valence-electron chi connectivity index (χ2n) is 6.51. The number of nitrogens with one attached hydrogen (secondary N) is 1. The lowest BCUT2D eigenvalue weighted by Gasteiger charge is -2.29. The van der Waals surface area contributed by atoms with E-state index in [1.807, 2.05) is 0 Å². The Labute approximate surface area is 154 Å². The first-order chi connectivity index (χ1) is 12.1. The summed E-state index contributed by atoms with van der Waals surface area (Å²) in [6, 6.07) is 6.12. The summed E-state index contributed by atoms with van der Waals surface area (Å²) < 4.78 is 89.9. The van der Waals surface area contributed by atoms with Crippen LogP contribution in [0.1, 0.15) is 5.56 Å². The van der Waals surface area contributed by atoms with E-state index in [1.165, 1.54) is 12.1 Å². The molecule has 0 aliphatic carbocycles. The van der Waals surface area contributed by atoms with Crippen LogP contribution in [0.15, 0.2) is 35.3 Å². The fourth-order valence-electron chi connectivity index (χ4n) is 1.76. The van der Waals surface area contributed by atoms with Crippen molar-refractivity contribution in [3.05, 3.63) is 36.4 Å². The molecule has 0 fully saturated rings. The molecule has 0 aromatic heterocycles. The monoisotopic (exact) mass is 434 g/mol. The van der Waals surface area contributed by atoms with Crippen LogP contribution in [-0.4, -0.2) is 33.8 Å². The van der Waals surface area contributed by atoms with Crippen molar-refractivity contribution < 1.29 is 35.4 Å². The van der Waals surface area contributed by atoms with Crippen LogP contribution in [0.25, 0.3) is 6.08 Å². The molecule has 0 amide bonds. The van der Waals surface area contributed by atoms with Gasteiger partial charge in [-0.05, 0) is 37.3 Å². The molecule has 12 heteroatoms. The molecule has 1 aromatic carbocycles. The number of halogens is 6. The Morgan fingerprint density at radius 1 is 1.00 bits per heavy atom. The fraction of sp³-hybridized carbons (Fsp3) is 0.467. The molecule has 0 unspecified atom stereocenters. The SMILES string of the molecule is C=Cc1ccc(NP(=N[Si](C)(C)C)(OCC(F)(F)F)OCC(F)(F)F)cc1. The second-order valence-corrected chi connectivity index (χ2v) is 13.4. The van der Waals surface area contributed by atoms with Gasteiger partial charge in [-0.3, -0.25) is 13.5 Å². The van der Waals surface area contributed by atoms with E-state index in [4.69, 9.17) is 9.05 Å². The summed E-state index contributed by atoms with van der Waals surface area (Å²) >= 11 is 0. The predicted molar refractivity (Wildman–Crippen MR) is 96.9 cm³/mol. The Hall–Kier alpha value is -1.29. The fourth-order valence-corrected chi connectivity index (χ4v) is 6.90. The molecule has 0 bridgehead atoms. The van der Waals surface area contributed by atoms with Gasteiger partial charge in [0.1, 0.15) is 0 Å². The molecule has 0 spiro atoms. The van der Waals surface area contributed by atoms with Gasteiger partial charge in [0, 0.05) is 5.69 Å². The third-order valence-corrected chi connectivity index (χ3v) is 7.61. The summed E-state index contributed by atoms with van der Waals surface area (Å²) in [5, 5.41) is 2.55. The van der Waals surface area contributed by atoms with Gasteiger partial charge in [-0.25, -0.2) is 0 Å². The zero-order chi connectivity index (χ0) is 20.9. The lowest BCUT2D eigenvalue weighted by molar-refractivity contribution is -0.163. The maximum absolute atomic E-state index is 12.7. The van der Waals surface area contributed by atoms with E-state index in [2.05, 4.69) is 16.1 Å². The van der Waals surface area contributed by atoms with Crippen molar-refractivity contribution in [2.24, 2.45) is 4.41 Å². The molecule has 0 radical (unpaired) electrons. The molecule has 0 heterocycles. The Morgan fingerprint density at radius 2 is 1.44 bits per heavy atom. The molecule has 154 valence electrons. The first-order valence-electron chi connectivity index (χ1n) is 7.70. The number of nitrogens with zero attached hydrogens (tertiary/aromatic N) is 1. The molecule has 1 N–H and O–H groups in total. The molecule has 1 aromatic rings. The van der Waals surface area contributed by atoms with Crippen LogP contribution >= 0.6 is 7.66 Å². The van der Waals surface area contributed by atoms with Gasteiger partial charge in [-0.1, -0.05) is 24.8 Å². The van der Waals surface area contributed by atoms with Gasteiger partial charge < -0.3 is 5.09 Å². The third kappa shape index (κ3) is 9.99. The van der Waals surface area contributed by atoms with Crippen molar-refractivity contribution in [2.45, 2.75) is 32.0 Å². The van der Waals surface area contributed by atoms with E-state index >= 15 is 0 Å². The molecule has 0 aliphatic rings. The number of benzene rings is 1. The number of hydrogen-bond donors (Lipinski definition) is 1. The average molecular weight is 434 g/mol. The summed E-state index contributed by atoms with van der Waals surface area (Å²) in [4.78, 5) is 0. The van der Waals surface area contributed by atoms with Crippen LogP contribution in [0.3, 0.4) is 0 Å². The van der Waals surface area contributed by atoms with Crippen LogP contribution in [0.2, 0.25) is 19.6 Å². The van der Waals surface area contributed by atoms with Gasteiger partial charge in [-0.2, -0.15) is 26.3 Å². The summed E-state index contributed by atoms with van der Waals surface area (Å²) in [6.07, 6.45) is -7.97. The van der Waals surface area contributed by atoms with E-state index in [-0.39, 0.29) is 5.69 Å². The topological polar surface area (TPSA) is 42.9 Å². The average Bonchev–Trinajstić information content (AvgIpc) is 2.49. The zero-order valence-corrected chi connectivity index (χ0v) is 16.9. The van der Waals surface area contributed by atoms with Crippen molar-refractivity contribution in [2.75, 3.05) is 18.3 Å². The van der Waals surface area contributed by atoms with Gasteiger partial charge in [-0.15, -0.1) is 0 Å². The molecular formula is C15H21F6N2O2PSi. The molecule has 0 saturated carbocycles. The summed E-state index contributed by atoms with van der Waals surface area (Å²) in [5.74, 6) is 0. The number of anilines is 1. The molecule has 1 rings (SSSR count). The van der Waals surface area contributed by atoms with Crippen LogP contribution < -0.4 is 5.09 Å².